The van der Waals surface area contributed by atoms with Crippen LogP contribution in [0.5, 0.6) is 0 Å². The zero-order chi connectivity index (χ0) is 20.5. The van der Waals surface area contributed by atoms with Gasteiger partial charge in [0.25, 0.3) is 11.5 Å². The molecule has 0 N–H and O–H groups in total. The number of nitrogens with zero attached hydrogens (tertiary/aromatic N) is 6. The number of hydrogen-bond donors (Lipinski definition) is 0. The van der Waals surface area contributed by atoms with E-state index in [4.69, 9.17) is 4.42 Å². The van der Waals surface area contributed by atoms with Gasteiger partial charge < -0.3 is 14.2 Å². The Morgan fingerprint density at radius 2 is 1.83 bits per heavy atom. The van der Waals surface area contributed by atoms with Gasteiger partial charge in [0.2, 0.25) is 11.7 Å². The second-order valence-electron chi connectivity index (χ2n) is 7.64. The SMILES string of the molecule is Cc1oc2ncn(CC(C)C)c(=O)c2c1C(=O)N1CCN(c2ncccn2)CC1. The molecule has 0 saturated carbocycles. The number of carbonyl (C=O) groups is 1. The van der Waals surface area contributed by atoms with E-state index in [1.807, 2.05) is 18.7 Å². The predicted molar refractivity (Wildman–Crippen MR) is 108 cm³/mol. The van der Waals surface area contributed by atoms with Gasteiger partial charge in [-0.2, -0.15) is 0 Å². The predicted octanol–water partition coefficient (Wildman–Crippen LogP) is 1.71. The van der Waals surface area contributed by atoms with Crippen molar-refractivity contribution in [2.75, 3.05) is 31.1 Å². The first-order chi connectivity index (χ1) is 14.0. The first-order valence-corrected chi connectivity index (χ1v) is 9.75. The van der Waals surface area contributed by atoms with Crippen LogP contribution in [0.15, 0.2) is 34.0 Å². The molecule has 4 rings (SSSR count). The molecule has 0 bridgehead atoms. The summed E-state index contributed by atoms with van der Waals surface area (Å²) in [6.45, 7) is 8.58. The zero-order valence-electron chi connectivity index (χ0n) is 16.8. The third kappa shape index (κ3) is 3.59. The highest BCUT2D eigenvalue weighted by atomic mass is 16.3. The molecule has 0 radical (unpaired) electrons. The zero-order valence-corrected chi connectivity index (χ0v) is 16.8. The van der Waals surface area contributed by atoms with Gasteiger partial charge in [0, 0.05) is 45.1 Å². The van der Waals surface area contributed by atoms with Crippen molar-refractivity contribution >= 4 is 23.0 Å². The van der Waals surface area contributed by atoms with E-state index in [-0.39, 0.29) is 28.5 Å². The molecule has 1 aliphatic rings. The van der Waals surface area contributed by atoms with Crippen molar-refractivity contribution < 1.29 is 9.21 Å². The Hall–Kier alpha value is -3.23. The summed E-state index contributed by atoms with van der Waals surface area (Å²) in [4.78, 5) is 42.8. The first-order valence-electron chi connectivity index (χ1n) is 9.75. The number of piperazine rings is 1. The third-order valence-corrected chi connectivity index (χ3v) is 5.03. The summed E-state index contributed by atoms with van der Waals surface area (Å²) in [5.74, 6) is 1.17. The van der Waals surface area contributed by atoms with Gasteiger partial charge in [0.15, 0.2) is 0 Å². The Morgan fingerprint density at radius 1 is 1.14 bits per heavy atom. The minimum atomic E-state index is -0.236. The minimum absolute atomic E-state index is 0.198. The van der Waals surface area contributed by atoms with Crippen LogP contribution in [-0.4, -0.2) is 56.5 Å². The first kappa shape index (κ1) is 19.1. The second-order valence-corrected chi connectivity index (χ2v) is 7.64. The summed E-state index contributed by atoms with van der Waals surface area (Å²) in [5, 5.41) is 0.268. The molecule has 0 aromatic carbocycles. The van der Waals surface area contributed by atoms with Gasteiger partial charge >= 0.3 is 0 Å². The molecule has 9 nitrogen and oxygen atoms in total. The van der Waals surface area contributed by atoms with Crippen LogP contribution in [0.25, 0.3) is 11.1 Å². The van der Waals surface area contributed by atoms with E-state index in [1.54, 1.807) is 34.9 Å². The lowest BCUT2D eigenvalue weighted by Gasteiger charge is -2.34. The van der Waals surface area contributed by atoms with Crippen LogP contribution in [0, 0.1) is 12.8 Å². The minimum Gasteiger partial charge on any atom is -0.442 e. The van der Waals surface area contributed by atoms with E-state index in [0.29, 0.717) is 50.0 Å². The molecule has 1 saturated heterocycles. The van der Waals surface area contributed by atoms with E-state index in [0.717, 1.165) is 0 Å². The molecule has 9 heteroatoms. The molecule has 1 amide bonds. The van der Waals surface area contributed by atoms with Crippen LogP contribution in [0.1, 0.15) is 30.0 Å². The Balaban J connectivity index is 1.60. The fourth-order valence-electron chi connectivity index (χ4n) is 3.64. The molecule has 29 heavy (non-hydrogen) atoms. The molecular weight excluding hydrogens is 372 g/mol. The lowest BCUT2D eigenvalue weighted by atomic mass is 10.1. The summed E-state index contributed by atoms with van der Waals surface area (Å²) >= 11 is 0. The lowest BCUT2D eigenvalue weighted by Crippen LogP contribution is -2.49. The summed E-state index contributed by atoms with van der Waals surface area (Å²) < 4.78 is 7.18. The van der Waals surface area contributed by atoms with Crippen LogP contribution < -0.4 is 10.5 Å². The number of aromatic nitrogens is 4. The normalized spacial score (nSPS) is 14.8. The fourth-order valence-corrected chi connectivity index (χ4v) is 3.64. The molecule has 1 fully saturated rings. The van der Waals surface area contributed by atoms with Crippen LogP contribution >= 0.6 is 0 Å². The van der Waals surface area contributed by atoms with Gasteiger partial charge in [0.1, 0.15) is 17.5 Å². The molecule has 3 aromatic heterocycles. The van der Waals surface area contributed by atoms with E-state index in [9.17, 15) is 9.59 Å². The van der Waals surface area contributed by atoms with Crippen molar-refractivity contribution in [1.29, 1.82) is 0 Å². The van der Waals surface area contributed by atoms with Crippen LogP contribution in [0.4, 0.5) is 5.95 Å². The van der Waals surface area contributed by atoms with Gasteiger partial charge in [-0.3, -0.25) is 14.2 Å². The smallest absolute Gasteiger partial charge is 0.265 e. The monoisotopic (exact) mass is 396 g/mol. The number of carbonyl (C=O) groups excluding carboxylic acids is 1. The fraction of sp³-hybridized carbons (Fsp3) is 0.450. The van der Waals surface area contributed by atoms with Crippen molar-refractivity contribution in [3.05, 3.63) is 46.5 Å². The van der Waals surface area contributed by atoms with Gasteiger partial charge in [-0.25, -0.2) is 15.0 Å². The summed E-state index contributed by atoms with van der Waals surface area (Å²) in [5.41, 5.74) is 0.299. The number of hydrogen-bond acceptors (Lipinski definition) is 7. The highest BCUT2D eigenvalue weighted by molar-refractivity contribution is 6.06. The maximum absolute atomic E-state index is 13.3. The van der Waals surface area contributed by atoms with E-state index in [1.165, 1.54) is 6.33 Å². The van der Waals surface area contributed by atoms with E-state index in [2.05, 4.69) is 15.0 Å². The molecule has 0 unspecified atom stereocenters. The Morgan fingerprint density at radius 3 is 2.48 bits per heavy atom. The quantitative estimate of drug-likeness (QED) is 0.662. The van der Waals surface area contributed by atoms with Crippen LogP contribution in [0.3, 0.4) is 0 Å². The van der Waals surface area contributed by atoms with Crippen LogP contribution in [0.2, 0.25) is 0 Å². The van der Waals surface area contributed by atoms with E-state index >= 15 is 0 Å². The summed E-state index contributed by atoms with van der Waals surface area (Å²) in [6, 6.07) is 1.77. The maximum Gasteiger partial charge on any atom is 0.265 e. The standard InChI is InChI=1S/C20H24N6O3/c1-13(2)11-26-12-23-17-16(19(26)28)15(14(3)29-17)18(27)24-7-9-25(10-8-24)20-21-5-4-6-22-20/h4-6,12-13H,7-11H2,1-3H3. The number of amides is 1. The number of furan rings is 1. The van der Waals surface area contributed by atoms with Gasteiger partial charge in [-0.1, -0.05) is 13.8 Å². The second kappa shape index (κ2) is 7.65. The van der Waals surface area contributed by atoms with E-state index < -0.39 is 0 Å². The molecule has 0 atom stereocenters. The number of anilines is 1. The van der Waals surface area contributed by atoms with Crippen molar-refractivity contribution in [3.8, 4) is 0 Å². The molecule has 0 spiro atoms. The van der Waals surface area contributed by atoms with Crippen molar-refractivity contribution in [3.63, 3.8) is 0 Å². The number of fused-ring (bicyclic) bond motifs is 1. The largest absolute Gasteiger partial charge is 0.442 e. The summed E-state index contributed by atoms with van der Waals surface area (Å²) in [7, 11) is 0. The van der Waals surface area contributed by atoms with Gasteiger partial charge in [0.05, 0.1) is 5.56 Å². The Kier molecular flexibility index (Phi) is 5.04. The van der Waals surface area contributed by atoms with Gasteiger partial charge in [-0.15, -0.1) is 0 Å². The average Bonchev–Trinajstić information content (AvgIpc) is 3.07. The topological polar surface area (TPSA) is 97.4 Å². The van der Waals surface area contributed by atoms with Crippen molar-refractivity contribution in [1.82, 2.24) is 24.4 Å². The lowest BCUT2D eigenvalue weighted by molar-refractivity contribution is 0.0746. The Labute approximate surface area is 168 Å². The molecule has 4 heterocycles. The molecule has 0 aliphatic carbocycles. The molecular formula is C20H24N6O3. The highest BCUT2D eigenvalue weighted by Crippen LogP contribution is 2.23. The highest BCUT2D eigenvalue weighted by Gasteiger charge is 2.29. The number of aryl methyl sites for hydroxylation is 1. The van der Waals surface area contributed by atoms with Crippen molar-refractivity contribution in [2.45, 2.75) is 27.3 Å². The maximum atomic E-state index is 13.3. The van der Waals surface area contributed by atoms with Gasteiger partial charge in [-0.05, 0) is 18.9 Å². The number of rotatable bonds is 4. The average molecular weight is 396 g/mol. The van der Waals surface area contributed by atoms with Crippen molar-refractivity contribution in [2.24, 2.45) is 5.92 Å². The molecule has 152 valence electrons. The Bertz CT molecular complexity index is 1080. The third-order valence-electron chi connectivity index (χ3n) is 5.03. The molecule has 1 aliphatic heterocycles. The van der Waals surface area contributed by atoms with Crippen LogP contribution in [-0.2, 0) is 6.54 Å². The summed E-state index contributed by atoms with van der Waals surface area (Å²) in [6.07, 6.45) is 4.90. The molecule has 3 aromatic rings.